The van der Waals surface area contributed by atoms with Gasteiger partial charge in [-0.25, -0.2) is 0 Å². The lowest BCUT2D eigenvalue weighted by atomic mass is 10.1. The van der Waals surface area contributed by atoms with E-state index in [4.69, 9.17) is 5.73 Å². The van der Waals surface area contributed by atoms with Crippen molar-refractivity contribution < 1.29 is 0 Å². The van der Waals surface area contributed by atoms with Crippen LogP contribution in [0.3, 0.4) is 0 Å². The monoisotopic (exact) mass is 218 g/mol. The van der Waals surface area contributed by atoms with Crippen LogP contribution in [0, 0.1) is 5.92 Å². The first-order chi connectivity index (χ1) is 7.80. The van der Waals surface area contributed by atoms with Gasteiger partial charge in [0.05, 0.1) is 0 Å². The van der Waals surface area contributed by atoms with Crippen LogP contribution in [0.25, 0.3) is 0 Å². The number of hydrogen-bond donors (Lipinski definition) is 1. The van der Waals surface area contributed by atoms with Gasteiger partial charge < -0.3 is 10.6 Å². The van der Waals surface area contributed by atoms with Gasteiger partial charge in [-0.05, 0) is 56.3 Å². The van der Waals surface area contributed by atoms with Crippen LogP contribution in [0.1, 0.15) is 31.7 Å². The van der Waals surface area contributed by atoms with Crippen molar-refractivity contribution in [1.82, 2.24) is 0 Å². The Labute approximate surface area is 98.4 Å². The molecule has 0 unspecified atom stereocenters. The fraction of sp³-hybridized carbons (Fsp3) is 0.571. The van der Waals surface area contributed by atoms with Crippen LogP contribution in [0.5, 0.6) is 0 Å². The Kier molecular flexibility index (Phi) is 3.49. The van der Waals surface area contributed by atoms with E-state index in [1.54, 1.807) is 0 Å². The molecule has 1 aliphatic carbocycles. The summed E-state index contributed by atoms with van der Waals surface area (Å²) in [5.41, 5.74) is 8.47. The maximum atomic E-state index is 5.67. The minimum Gasteiger partial charge on any atom is -0.372 e. The van der Waals surface area contributed by atoms with Crippen LogP contribution >= 0.6 is 0 Å². The molecule has 1 saturated carbocycles. The van der Waals surface area contributed by atoms with E-state index in [1.807, 2.05) is 0 Å². The number of nitrogens with zero attached hydrogens (tertiary/aromatic N) is 1. The molecule has 0 spiro atoms. The second-order valence-corrected chi connectivity index (χ2v) is 4.60. The van der Waals surface area contributed by atoms with Crippen molar-refractivity contribution in [3.8, 4) is 0 Å². The Balaban J connectivity index is 2.05. The summed E-state index contributed by atoms with van der Waals surface area (Å²) in [5, 5.41) is 0. The first kappa shape index (κ1) is 11.5. The molecule has 0 aliphatic heterocycles. The maximum absolute atomic E-state index is 5.67. The predicted octanol–water partition coefficient (Wildman–Crippen LogP) is 2.60. The average molecular weight is 218 g/mol. The smallest absolute Gasteiger partial charge is 0.0366 e. The second-order valence-electron chi connectivity index (χ2n) is 4.60. The highest BCUT2D eigenvalue weighted by atomic mass is 15.1. The number of hydrogen-bond acceptors (Lipinski definition) is 2. The van der Waals surface area contributed by atoms with E-state index < -0.39 is 0 Å². The molecule has 2 rings (SSSR count). The fourth-order valence-electron chi connectivity index (χ4n) is 2.44. The SMILES string of the molecule is CCN(CC)c1ccc([C@H]2C[C@@H]2CN)cc1. The van der Waals surface area contributed by atoms with E-state index in [0.29, 0.717) is 0 Å². The van der Waals surface area contributed by atoms with Gasteiger partial charge >= 0.3 is 0 Å². The maximum Gasteiger partial charge on any atom is 0.0366 e. The Morgan fingerprint density at radius 2 is 1.81 bits per heavy atom. The average Bonchev–Trinajstić information content (AvgIpc) is 3.11. The number of rotatable bonds is 5. The Bertz CT molecular complexity index is 327. The molecule has 0 aromatic heterocycles. The molecule has 2 heteroatoms. The van der Waals surface area contributed by atoms with E-state index in [9.17, 15) is 0 Å². The zero-order valence-electron chi connectivity index (χ0n) is 10.3. The van der Waals surface area contributed by atoms with Gasteiger partial charge in [0.15, 0.2) is 0 Å². The van der Waals surface area contributed by atoms with E-state index in [2.05, 4.69) is 43.0 Å². The van der Waals surface area contributed by atoms with Crippen molar-refractivity contribution in [3.63, 3.8) is 0 Å². The molecule has 1 aromatic rings. The van der Waals surface area contributed by atoms with Crippen LogP contribution < -0.4 is 10.6 Å². The topological polar surface area (TPSA) is 29.3 Å². The minimum atomic E-state index is 0.732. The molecular weight excluding hydrogens is 196 g/mol. The first-order valence-corrected chi connectivity index (χ1v) is 6.35. The quantitative estimate of drug-likeness (QED) is 0.823. The third-order valence-corrected chi connectivity index (χ3v) is 3.68. The zero-order valence-corrected chi connectivity index (χ0v) is 10.3. The molecular formula is C14H22N2. The zero-order chi connectivity index (χ0) is 11.5. The molecule has 0 radical (unpaired) electrons. The highest BCUT2D eigenvalue weighted by molar-refractivity contribution is 5.48. The van der Waals surface area contributed by atoms with Gasteiger partial charge in [0.2, 0.25) is 0 Å². The van der Waals surface area contributed by atoms with Gasteiger partial charge in [-0.15, -0.1) is 0 Å². The summed E-state index contributed by atoms with van der Waals surface area (Å²) >= 11 is 0. The van der Waals surface area contributed by atoms with Crippen molar-refractivity contribution in [2.24, 2.45) is 11.7 Å². The van der Waals surface area contributed by atoms with Crippen LogP contribution in [-0.4, -0.2) is 19.6 Å². The van der Waals surface area contributed by atoms with Crippen LogP contribution in [0.4, 0.5) is 5.69 Å². The summed E-state index contributed by atoms with van der Waals surface area (Å²) < 4.78 is 0. The summed E-state index contributed by atoms with van der Waals surface area (Å²) in [6.07, 6.45) is 1.28. The van der Waals surface area contributed by atoms with E-state index in [1.165, 1.54) is 17.7 Å². The van der Waals surface area contributed by atoms with E-state index >= 15 is 0 Å². The van der Waals surface area contributed by atoms with Crippen LogP contribution in [0.2, 0.25) is 0 Å². The van der Waals surface area contributed by atoms with Gasteiger partial charge in [0.25, 0.3) is 0 Å². The van der Waals surface area contributed by atoms with Gasteiger partial charge in [-0.1, -0.05) is 12.1 Å². The fourth-order valence-corrected chi connectivity index (χ4v) is 2.44. The molecule has 88 valence electrons. The van der Waals surface area contributed by atoms with Crippen LogP contribution in [0.15, 0.2) is 24.3 Å². The molecule has 16 heavy (non-hydrogen) atoms. The summed E-state index contributed by atoms with van der Waals surface area (Å²) in [6, 6.07) is 9.03. The molecule has 0 heterocycles. The largest absolute Gasteiger partial charge is 0.372 e. The summed E-state index contributed by atoms with van der Waals surface area (Å²) in [6.45, 7) is 7.38. The predicted molar refractivity (Wildman–Crippen MR) is 69.9 cm³/mol. The third-order valence-electron chi connectivity index (χ3n) is 3.68. The lowest BCUT2D eigenvalue weighted by Gasteiger charge is -2.21. The number of nitrogens with two attached hydrogens (primary N) is 1. The lowest BCUT2D eigenvalue weighted by molar-refractivity contribution is 0.809. The summed E-state index contributed by atoms with van der Waals surface area (Å²) in [5.74, 6) is 1.47. The standard InChI is InChI=1S/C14H22N2/c1-3-16(4-2)13-7-5-11(6-8-13)14-9-12(14)10-15/h5-8,12,14H,3-4,9-10,15H2,1-2H3/t12-,14-/m1/s1. The molecule has 0 saturated heterocycles. The van der Waals surface area contributed by atoms with Gasteiger partial charge in [-0.3, -0.25) is 0 Å². The minimum absolute atomic E-state index is 0.732. The highest BCUT2D eigenvalue weighted by Gasteiger charge is 2.36. The lowest BCUT2D eigenvalue weighted by Crippen LogP contribution is -2.21. The van der Waals surface area contributed by atoms with Crippen molar-refractivity contribution >= 4 is 5.69 Å². The number of benzene rings is 1. The van der Waals surface area contributed by atoms with Gasteiger partial charge in [0, 0.05) is 18.8 Å². The van der Waals surface area contributed by atoms with Crippen molar-refractivity contribution in [2.75, 3.05) is 24.5 Å². The second kappa shape index (κ2) is 4.88. The molecule has 0 bridgehead atoms. The Morgan fingerprint density at radius 3 is 2.25 bits per heavy atom. The first-order valence-electron chi connectivity index (χ1n) is 6.35. The summed E-state index contributed by atoms with van der Waals surface area (Å²) in [4.78, 5) is 2.37. The number of anilines is 1. The summed E-state index contributed by atoms with van der Waals surface area (Å²) in [7, 11) is 0. The normalized spacial score (nSPS) is 23.2. The molecule has 1 fully saturated rings. The van der Waals surface area contributed by atoms with Crippen molar-refractivity contribution in [3.05, 3.63) is 29.8 Å². The van der Waals surface area contributed by atoms with Gasteiger partial charge in [0.1, 0.15) is 0 Å². The Morgan fingerprint density at radius 1 is 1.19 bits per heavy atom. The molecule has 2 nitrogen and oxygen atoms in total. The third kappa shape index (κ3) is 2.22. The molecule has 0 amide bonds. The highest BCUT2D eigenvalue weighted by Crippen LogP contribution is 2.46. The Hall–Kier alpha value is -1.02. The van der Waals surface area contributed by atoms with Gasteiger partial charge in [-0.2, -0.15) is 0 Å². The molecule has 1 aromatic carbocycles. The van der Waals surface area contributed by atoms with Crippen molar-refractivity contribution in [2.45, 2.75) is 26.2 Å². The van der Waals surface area contributed by atoms with E-state index in [-0.39, 0.29) is 0 Å². The van der Waals surface area contributed by atoms with E-state index in [0.717, 1.165) is 31.5 Å². The molecule has 2 N–H and O–H groups in total. The molecule has 2 atom stereocenters. The van der Waals surface area contributed by atoms with Crippen molar-refractivity contribution in [1.29, 1.82) is 0 Å². The van der Waals surface area contributed by atoms with Crippen LogP contribution in [-0.2, 0) is 0 Å². The molecule has 1 aliphatic rings.